The molecule has 11 heavy (non-hydrogen) atoms. The average molecular weight is 202 g/mol. The molecule has 0 aromatic carbocycles. The van der Waals surface area contributed by atoms with Crippen molar-refractivity contribution < 1.29 is 27.4 Å². The third kappa shape index (κ3) is 3.03. The quantitative estimate of drug-likeness (QED) is 0.588. The van der Waals surface area contributed by atoms with E-state index in [1.165, 1.54) is 0 Å². The van der Waals surface area contributed by atoms with Gasteiger partial charge in [0.1, 0.15) is 0 Å². The van der Waals surface area contributed by atoms with Crippen LogP contribution in [0.4, 0.5) is 0 Å². The maximum absolute atomic E-state index is 10.7. The Morgan fingerprint density at radius 2 is 2.36 bits per heavy atom. The fourth-order valence-corrected chi connectivity index (χ4v) is 2.47. The van der Waals surface area contributed by atoms with Gasteiger partial charge < -0.3 is 9.42 Å². The molecule has 1 saturated heterocycles. The first kappa shape index (κ1) is 9.39. The van der Waals surface area contributed by atoms with Gasteiger partial charge in [0.15, 0.2) is 0 Å². The van der Waals surface area contributed by atoms with E-state index in [1.54, 1.807) is 6.92 Å². The lowest BCUT2D eigenvalue weighted by Gasteiger charge is -2.04. The molecular weight excluding hydrogens is 194 g/mol. The molecule has 0 bridgehead atoms. The molecule has 3 atom stereocenters. The summed E-state index contributed by atoms with van der Waals surface area (Å²) in [5.74, 6) is 0. The summed E-state index contributed by atoms with van der Waals surface area (Å²) in [6.07, 6.45) is -0.482. The smallest absolute Gasteiger partial charge is 0.305 e. The average Bonchev–Trinajstić information content (AvgIpc) is 1.90. The topological polar surface area (TPSA) is 82.1 Å². The first-order valence-corrected chi connectivity index (χ1v) is 5.59. The Bertz CT molecular complexity index is 214. The lowest BCUT2D eigenvalue weighted by molar-refractivity contribution is 0.150. The predicted octanol–water partition coefficient (Wildman–Crippen LogP) is 0.928. The Kier molecular flexibility index (Phi) is 2.86. The van der Waals surface area contributed by atoms with Crippen LogP contribution in [0.1, 0.15) is 6.92 Å². The van der Waals surface area contributed by atoms with Gasteiger partial charge in [-0.05, 0) is 6.92 Å². The van der Waals surface area contributed by atoms with E-state index >= 15 is 0 Å². The van der Waals surface area contributed by atoms with Crippen LogP contribution in [0, 0.1) is 0 Å². The van der Waals surface area contributed by atoms with Gasteiger partial charge in [0, 0.05) is 0 Å². The van der Waals surface area contributed by atoms with E-state index in [2.05, 4.69) is 13.4 Å². The molecule has 1 rings (SSSR count). The third-order valence-electron chi connectivity index (χ3n) is 0.960. The van der Waals surface area contributed by atoms with Gasteiger partial charge in [0.2, 0.25) is 0 Å². The fourth-order valence-electron chi connectivity index (χ4n) is 0.540. The minimum atomic E-state index is -4.12. The van der Waals surface area contributed by atoms with Crippen molar-refractivity contribution in [1.29, 1.82) is 0 Å². The Morgan fingerprint density at radius 1 is 1.73 bits per heavy atom. The van der Waals surface area contributed by atoms with Crippen molar-refractivity contribution in [3.63, 3.8) is 0 Å². The molecule has 6 nitrogen and oxygen atoms in total. The van der Waals surface area contributed by atoms with E-state index in [1.807, 2.05) is 0 Å². The van der Waals surface area contributed by atoms with Gasteiger partial charge in [-0.25, -0.2) is 8.88 Å². The van der Waals surface area contributed by atoms with E-state index in [9.17, 15) is 9.13 Å². The molecule has 0 aliphatic carbocycles. The van der Waals surface area contributed by atoms with E-state index in [4.69, 9.17) is 4.89 Å². The molecule has 8 heteroatoms. The van der Waals surface area contributed by atoms with Crippen LogP contribution in [0.5, 0.6) is 0 Å². The van der Waals surface area contributed by atoms with Gasteiger partial charge in [-0.1, -0.05) is 0 Å². The SMILES string of the molecule is CC1COP(=O)(O)O[PH](=O)O1. The van der Waals surface area contributed by atoms with E-state index in [0.29, 0.717) is 0 Å². The molecule has 0 saturated carbocycles. The summed E-state index contributed by atoms with van der Waals surface area (Å²) in [7, 11) is -6.99. The zero-order valence-corrected chi connectivity index (χ0v) is 7.61. The first-order valence-electron chi connectivity index (χ1n) is 2.87. The molecule has 0 aromatic rings. The molecule has 1 aliphatic rings. The van der Waals surface area contributed by atoms with Gasteiger partial charge in [-0.15, -0.1) is 0 Å². The number of phosphoric acid groups is 1. The van der Waals surface area contributed by atoms with Gasteiger partial charge in [0.05, 0.1) is 12.7 Å². The summed E-state index contributed by atoms with van der Waals surface area (Å²) in [5.41, 5.74) is 0. The molecule has 0 spiro atoms. The number of rotatable bonds is 0. The highest BCUT2D eigenvalue weighted by Gasteiger charge is 2.30. The number of hydrogen-bond donors (Lipinski definition) is 1. The zero-order valence-electron chi connectivity index (χ0n) is 5.72. The van der Waals surface area contributed by atoms with E-state index < -0.39 is 22.2 Å². The summed E-state index contributed by atoms with van der Waals surface area (Å²) in [5, 5.41) is 0. The van der Waals surface area contributed by atoms with Crippen molar-refractivity contribution >= 4 is 16.1 Å². The normalized spacial score (nSPS) is 46.7. The highest BCUT2D eigenvalue weighted by Crippen LogP contribution is 2.54. The molecule has 1 heterocycles. The van der Waals surface area contributed by atoms with Gasteiger partial charge >= 0.3 is 16.1 Å². The largest absolute Gasteiger partial charge is 0.479 e. The van der Waals surface area contributed by atoms with Crippen molar-refractivity contribution in [3.05, 3.63) is 0 Å². The zero-order chi connectivity index (χ0) is 8.48. The highest BCUT2D eigenvalue weighted by atomic mass is 31.2. The minimum absolute atomic E-state index is 0.0931. The van der Waals surface area contributed by atoms with Crippen LogP contribution in [0.15, 0.2) is 0 Å². The number of hydrogen-bond acceptors (Lipinski definition) is 5. The Balaban J connectivity index is 2.68. The summed E-state index contributed by atoms with van der Waals surface area (Å²) >= 11 is 0. The summed E-state index contributed by atoms with van der Waals surface area (Å²) < 4.78 is 34.4. The van der Waals surface area contributed by atoms with Crippen molar-refractivity contribution in [2.45, 2.75) is 13.0 Å². The summed E-state index contributed by atoms with van der Waals surface area (Å²) in [6.45, 7) is 1.47. The fraction of sp³-hybridized carbons (Fsp3) is 1.00. The molecule has 0 radical (unpaired) electrons. The lowest BCUT2D eigenvalue weighted by atomic mass is 10.5. The van der Waals surface area contributed by atoms with Crippen LogP contribution in [-0.2, 0) is 22.5 Å². The first-order chi connectivity index (χ1) is 4.99. The van der Waals surface area contributed by atoms with Crippen LogP contribution in [0.25, 0.3) is 0 Å². The molecule has 1 aliphatic heterocycles. The van der Waals surface area contributed by atoms with Gasteiger partial charge in [-0.3, -0.25) is 9.09 Å². The lowest BCUT2D eigenvalue weighted by Crippen LogP contribution is -2.08. The molecule has 1 fully saturated rings. The van der Waals surface area contributed by atoms with Crippen molar-refractivity contribution in [1.82, 2.24) is 0 Å². The molecule has 66 valence electrons. The second kappa shape index (κ2) is 3.35. The van der Waals surface area contributed by atoms with E-state index in [0.717, 1.165) is 0 Å². The predicted molar refractivity (Wildman–Crippen MR) is 36.4 cm³/mol. The monoisotopic (exact) mass is 202 g/mol. The Hall–Kier alpha value is 0.300. The van der Waals surface area contributed by atoms with Crippen LogP contribution in [-0.4, -0.2) is 17.6 Å². The van der Waals surface area contributed by atoms with Crippen LogP contribution in [0.3, 0.4) is 0 Å². The standard InChI is InChI=1S/C3H8O6P2/c1-3-2-7-11(5,6)9-10(4)8-3/h3,10H,2H2,1H3,(H,5,6). The summed E-state index contributed by atoms with van der Waals surface area (Å²) in [6, 6.07) is 0. The summed E-state index contributed by atoms with van der Waals surface area (Å²) in [4.78, 5) is 8.70. The third-order valence-corrected chi connectivity index (χ3v) is 3.55. The second-order valence-corrected chi connectivity index (χ2v) is 4.70. The van der Waals surface area contributed by atoms with Crippen LogP contribution >= 0.6 is 16.1 Å². The van der Waals surface area contributed by atoms with Crippen molar-refractivity contribution in [2.75, 3.05) is 6.61 Å². The highest BCUT2D eigenvalue weighted by molar-refractivity contribution is 7.56. The van der Waals surface area contributed by atoms with E-state index in [-0.39, 0.29) is 6.61 Å². The molecule has 1 N–H and O–H groups in total. The van der Waals surface area contributed by atoms with Crippen molar-refractivity contribution in [2.24, 2.45) is 0 Å². The van der Waals surface area contributed by atoms with Crippen LogP contribution < -0.4 is 0 Å². The van der Waals surface area contributed by atoms with Crippen molar-refractivity contribution in [3.8, 4) is 0 Å². The molecular formula is C3H8O6P2. The molecule has 0 aromatic heterocycles. The van der Waals surface area contributed by atoms with Gasteiger partial charge in [-0.2, -0.15) is 0 Å². The Labute approximate surface area is 64.0 Å². The molecule has 3 unspecified atom stereocenters. The maximum atomic E-state index is 10.7. The maximum Gasteiger partial charge on any atom is 0.479 e. The van der Waals surface area contributed by atoms with Gasteiger partial charge in [0.25, 0.3) is 0 Å². The number of phosphoric ester groups is 1. The Morgan fingerprint density at radius 3 is 3.00 bits per heavy atom. The second-order valence-electron chi connectivity index (χ2n) is 2.03. The van der Waals surface area contributed by atoms with Crippen LogP contribution in [0.2, 0.25) is 0 Å². The minimum Gasteiger partial charge on any atom is -0.305 e. The molecule has 0 amide bonds.